The number of ether oxygens (including phenoxy) is 1. The van der Waals surface area contributed by atoms with Crippen LogP contribution in [0.1, 0.15) is 5.56 Å². The monoisotopic (exact) mass is 305 g/mol. The predicted octanol–water partition coefficient (Wildman–Crippen LogP) is 2.89. The highest BCUT2D eigenvalue weighted by atomic mass is 32.2. The van der Waals surface area contributed by atoms with Crippen LogP contribution in [0.4, 0.5) is 5.69 Å². The molecule has 0 saturated carbocycles. The van der Waals surface area contributed by atoms with Gasteiger partial charge in [-0.2, -0.15) is 0 Å². The Bertz CT molecular complexity index is 694. The minimum Gasteiger partial charge on any atom is -0.492 e. The van der Waals surface area contributed by atoms with Gasteiger partial charge in [-0.15, -0.1) is 0 Å². The molecule has 0 heterocycles. The fourth-order valence-electron chi connectivity index (χ4n) is 1.90. The van der Waals surface area contributed by atoms with Crippen molar-refractivity contribution < 1.29 is 13.2 Å². The molecule has 0 saturated heterocycles. The molecule has 0 amide bonds. The molecule has 112 valence electrons. The highest BCUT2D eigenvalue weighted by Gasteiger charge is 2.06. The van der Waals surface area contributed by atoms with E-state index in [0.717, 1.165) is 5.69 Å². The molecule has 0 atom stereocenters. The Morgan fingerprint density at radius 3 is 2.43 bits per heavy atom. The molecule has 2 aromatic carbocycles. The van der Waals surface area contributed by atoms with Crippen molar-refractivity contribution in [3.05, 3.63) is 54.1 Å². The van der Waals surface area contributed by atoms with Gasteiger partial charge in [-0.25, -0.2) is 8.42 Å². The van der Waals surface area contributed by atoms with Gasteiger partial charge in [0, 0.05) is 18.5 Å². The third kappa shape index (κ3) is 4.79. The molecule has 2 aromatic rings. The summed E-state index contributed by atoms with van der Waals surface area (Å²) in [5.74, 6) is 0.661. The van der Waals surface area contributed by atoms with Crippen LogP contribution in [-0.2, 0) is 9.84 Å². The Morgan fingerprint density at radius 2 is 1.81 bits per heavy atom. The normalized spacial score (nSPS) is 11.1. The molecule has 0 radical (unpaired) electrons. The zero-order chi connectivity index (χ0) is 15.3. The number of aryl methyl sites for hydroxylation is 1. The van der Waals surface area contributed by atoms with E-state index >= 15 is 0 Å². The fourth-order valence-corrected chi connectivity index (χ4v) is 2.53. The molecule has 5 heteroatoms. The summed E-state index contributed by atoms with van der Waals surface area (Å²) in [6.45, 7) is 3.23. The molecule has 0 fully saturated rings. The lowest BCUT2D eigenvalue weighted by molar-refractivity contribution is 0.332. The third-order valence-corrected chi connectivity index (χ3v) is 4.10. The van der Waals surface area contributed by atoms with Crippen molar-refractivity contribution in [3.8, 4) is 5.75 Å². The third-order valence-electron chi connectivity index (χ3n) is 2.97. The quantitative estimate of drug-likeness (QED) is 0.834. The number of anilines is 1. The maximum Gasteiger partial charge on any atom is 0.175 e. The summed E-state index contributed by atoms with van der Waals surface area (Å²) in [6, 6.07) is 14.6. The molecule has 0 aliphatic carbocycles. The van der Waals surface area contributed by atoms with E-state index in [9.17, 15) is 8.42 Å². The van der Waals surface area contributed by atoms with Crippen LogP contribution in [0.2, 0.25) is 0 Å². The zero-order valence-electron chi connectivity index (χ0n) is 12.2. The summed E-state index contributed by atoms with van der Waals surface area (Å²) in [6.07, 6.45) is 1.19. The number of benzene rings is 2. The molecule has 0 aliphatic heterocycles. The van der Waals surface area contributed by atoms with Gasteiger partial charge in [0.25, 0.3) is 0 Å². The van der Waals surface area contributed by atoms with Gasteiger partial charge in [-0.3, -0.25) is 0 Å². The first-order valence-corrected chi connectivity index (χ1v) is 8.58. The van der Waals surface area contributed by atoms with Crippen LogP contribution in [0.5, 0.6) is 5.75 Å². The van der Waals surface area contributed by atoms with Gasteiger partial charge >= 0.3 is 0 Å². The number of rotatable bonds is 6. The highest BCUT2D eigenvalue weighted by Crippen LogP contribution is 2.15. The van der Waals surface area contributed by atoms with E-state index in [2.05, 4.69) is 11.4 Å². The predicted molar refractivity (Wildman–Crippen MR) is 84.7 cm³/mol. The van der Waals surface area contributed by atoms with E-state index in [1.807, 2.05) is 25.1 Å². The van der Waals surface area contributed by atoms with Crippen LogP contribution >= 0.6 is 0 Å². The molecule has 0 aliphatic rings. The standard InChI is InChI=1S/C16H19NO3S/c1-13-4-3-5-14(12-13)17-10-11-20-15-6-8-16(9-7-15)21(2,18)19/h3-9,12,17H,10-11H2,1-2H3. The second kappa shape index (κ2) is 6.63. The molecule has 0 spiro atoms. The average Bonchev–Trinajstić information content (AvgIpc) is 2.43. The van der Waals surface area contributed by atoms with Gasteiger partial charge in [0.2, 0.25) is 0 Å². The maximum absolute atomic E-state index is 11.3. The first-order valence-electron chi connectivity index (χ1n) is 6.68. The Kier molecular flexibility index (Phi) is 4.85. The zero-order valence-corrected chi connectivity index (χ0v) is 13.0. The van der Waals surface area contributed by atoms with Crippen molar-refractivity contribution in [2.45, 2.75) is 11.8 Å². The van der Waals surface area contributed by atoms with E-state index in [1.54, 1.807) is 24.3 Å². The van der Waals surface area contributed by atoms with Crippen molar-refractivity contribution in [3.63, 3.8) is 0 Å². The van der Waals surface area contributed by atoms with Gasteiger partial charge < -0.3 is 10.1 Å². The molecular weight excluding hydrogens is 286 g/mol. The Labute approximate surface area is 125 Å². The lowest BCUT2D eigenvalue weighted by atomic mass is 10.2. The number of hydrogen-bond acceptors (Lipinski definition) is 4. The average molecular weight is 305 g/mol. The number of nitrogens with one attached hydrogen (secondary N) is 1. The number of hydrogen-bond donors (Lipinski definition) is 1. The van der Waals surface area contributed by atoms with Crippen LogP contribution in [0.25, 0.3) is 0 Å². The molecule has 2 rings (SSSR count). The van der Waals surface area contributed by atoms with E-state index in [1.165, 1.54) is 11.8 Å². The van der Waals surface area contributed by atoms with Crippen molar-refractivity contribution in [2.75, 3.05) is 24.7 Å². The minimum atomic E-state index is -3.15. The summed E-state index contributed by atoms with van der Waals surface area (Å²) in [5.41, 5.74) is 2.27. The second-order valence-electron chi connectivity index (χ2n) is 4.89. The summed E-state index contributed by atoms with van der Waals surface area (Å²) in [5, 5.41) is 3.27. The molecular formula is C16H19NO3S. The second-order valence-corrected chi connectivity index (χ2v) is 6.90. The summed E-state index contributed by atoms with van der Waals surface area (Å²) in [7, 11) is -3.15. The maximum atomic E-state index is 11.3. The largest absolute Gasteiger partial charge is 0.492 e. The Morgan fingerprint density at radius 1 is 1.10 bits per heavy atom. The van der Waals surface area contributed by atoms with Crippen molar-refractivity contribution >= 4 is 15.5 Å². The van der Waals surface area contributed by atoms with Crippen LogP contribution < -0.4 is 10.1 Å². The van der Waals surface area contributed by atoms with Gasteiger partial charge in [-0.05, 0) is 48.9 Å². The Balaban J connectivity index is 1.81. The molecule has 0 bridgehead atoms. The molecule has 1 N–H and O–H groups in total. The van der Waals surface area contributed by atoms with E-state index in [0.29, 0.717) is 23.8 Å². The molecule has 4 nitrogen and oxygen atoms in total. The van der Waals surface area contributed by atoms with Crippen LogP contribution in [0.15, 0.2) is 53.4 Å². The van der Waals surface area contributed by atoms with Gasteiger partial charge in [0.05, 0.1) is 4.90 Å². The van der Waals surface area contributed by atoms with Crippen molar-refractivity contribution in [1.82, 2.24) is 0 Å². The van der Waals surface area contributed by atoms with E-state index in [-0.39, 0.29) is 0 Å². The first kappa shape index (κ1) is 15.4. The highest BCUT2D eigenvalue weighted by molar-refractivity contribution is 7.90. The molecule has 0 unspecified atom stereocenters. The van der Waals surface area contributed by atoms with Gasteiger partial charge in [0.1, 0.15) is 12.4 Å². The molecule has 0 aromatic heterocycles. The number of sulfone groups is 1. The lowest BCUT2D eigenvalue weighted by Crippen LogP contribution is -2.11. The van der Waals surface area contributed by atoms with Gasteiger partial charge in [0.15, 0.2) is 9.84 Å². The topological polar surface area (TPSA) is 55.4 Å². The van der Waals surface area contributed by atoms with Gasteiger partial charge in [-0.1, -0.05) is 12.1 Å². The fraction of sp³-hybridized carbons (Fsp3) is 0.250. The summed E-state index contributed by atoms with van der Waals surface area (Å²) < 4.78 is 28.2. The van der Waals surface area contributed by atoms with E-state index in [4.69, 9.17) is 4.74 Å². The van der Waals surface area contributed by atoms with Crippen LogP contribution in [0.3, 0.4) is 0 Å². The SMILES string of the molecule is Cc1cccc(NCCOc2ccc(S(C)(=O)=O)cc2)c1. The smallest absolute Gasteiger partial charge is 0.175 e. The Hall–Kier alpha value is -2.01. The minimum absolute atomic E-state index is 0.299. The lowest BCUT2D eigenvalue weighted by Gasteiger charge is -2.09. The van der Waals surface area contributed by atoms with Crippen LogP contribution in [-0.4, -0.2) is 27.8 Å². The summed E-state index contributed by atoms with van der Waals surface area (Å²) in [4.78, 5) is 0.299. The summed E-state index contributed by atoms with van der Waals surface area (Å²) >= 11 is 0. The van der Waals surface area contributed by atoms with E-state index < -0.39 is 9.84 Å². The van der Waals surface area contributed by atoms with Crippen LogP contribution in [0, 0.1) is 6.92 Å². The molecule has 21 heavy (non-hydrogen) atoms. The van der Waals surface area contributed by atoms with Crippen molar-refractivity contribution in [1.29, 1.82) is 0 Å². The van der Waals surface area contributed by atoms with Crippen molar-refractivity contribution in [2.24, 2.45) is 0 Å². The first-order chi connectivity index (χ1) is 9.95.